The van der Waals surface area contributed by atoms with Crippen LogP contribution in [-0.4, -0.2) is 20.7 Å². The van der Waals surface area contributed by atoms with Crippen molar-refractivity contribution < 1.29 is 9.18 Å². The van der Waals surface area contributed by atoms with Gasteiger partial charge in [0, 0.05) is 40.3 Å². The number of carbonyl (C=O) groups is 1. The smallest absolute Gasteiger partial charge is 0.225 e. The van der Waals surface area contributed by atoms with Crippen LogP contribution in [0.3, 0.4) is 0 Å². The maximum absolute atomic E-state index is 14.0. The van der Waals surface area contributed by atoms with Gasteiger partial charge in [-0.15, -0.1) is 0 Å². The predicted molar refractivity (Wildman–Crippen MR) is 116 cm³/mol. The second-order valence-electron chi connectivity index (χ2n) is 6.63. The Morgan fingerprint density at radius 3 is 2.90 bits per heavy atom. The van der Waals surface area contributed by atoms with Crippen LogP contribution in [0.15, 0.2) is 59.3 Å². The molecule has 0 aliphatic rings. The first-order valence-electron chi connectivity index (χ1n) is 9.02. The molecule has 0 aliphatic heterocycles. The van der Waals surface area contributed by atoms with Gasteiger partial charge in [-0.05, 0) is 46.1 Å². The van der Waals surface area contributed by atoms with Crippen LogP contribution in [0.25, 0.3) is 10.9 Å². The number of fused-ring (bicyclic) bond motifs is 1. The Balaban J connectivity index is 1.41. The molecule has 2 N–H and O–H groups in total. The molecule has 0 radical (unpaired) electrons. The molecule has 1 amide bonds. The predicted octanol–water partition coefficient (Wildman–Crippen LogP) is 5.54. The van der Waals surface area contributed by atoms with Crippen molar-refractivity contribution in [1.82, 2.24) is 14.8 Å². The summed E-state index contributed by atoms with van der Waals surface area (Å²) >= 11 is 9.47. The normalized spacial score (nSPS) is 11.1. The highest BCUT2D eigenvalue weighted by atomic mass is 79.9. The number of nitrogens with zero attached hydrogens (tertiary/aromatic N) is 2. The van der Waals surface area contributed by atoms with Crippen molar-refractivity contribution in [3.05, 3.63) is 81.3 Å². The van der Waals surface area contributed by atoms with E-state index in [1.54, 1.807) is 18.3 Å². The number of amides is 1. The number of hydrogen-bond donors (Lipinski definition) is 2. The number of nitrogens with one attached hydrogen (secondary N) is 2. The molecule has 0 aliphatic carbocycles. The number of halogens is 3. The van der Waals surface area contributed by atoms with Gasteiger partial charge >= 0.3 is 0 Å². The zero-order valence-electron chi connectivity index (χ0n) is 15.3. The average Bonchev–Trinajstić information content (AvgIpc) is 3.26. The summed E-state index contributed by atoms with van der Waals surface area (Å²) in [5, 5.41) is 8.58. The largest absolute Gasteiger partial charge is 0.361 e. The van der Waals surface area contributed by atoms with Crippen molar-refractivity contribution in [2.75, 3.05) is 5.32 Å². The summed E-state index contributed by atoms with van der Waals surface area (Å²) in [4.78, 5) is 15.6. The Kier molecular flexibility index (Phi) is 5.69. The number of aryl methyl sites for hydroxylation is 1. The van der Waals surface area contributed by atoms with Gasteiger partial charge in [0.2, 0.25) is 5.91 Å². The van der Waals surface area contributed by atoms with Crippen molar-refractivity contribution in [3.8, 4) is 0 Å². The molecule has 5 nitrogen and oxygen atoms in total. The van der Waals surface area contributed by atoms with Crippen LogP contribution >= 0.6 is 27.5 Å². The average molecular weight is 476 g/mol. The SMILES string of the molecule is O=C(CCc1c[nH]c2ccccc12)Nc1nn(Cc2c(F)cccc2Cl)cc1Br. The number of aromatic amines is 1. The van der Waals surface area contributed by atoms with Gasteiger partial charge in [0.05, 0.1) is 11.0 Å². The van der Waals surface area contributed by atoms with E-state index in [0.29, 0.717) is 33.7 Å². The third-order valence-corrected chi connectivity index (χ3v) is 5.59. The Hall–Kier alpha value is -2.64. The summed E-state index contributed by atoms with van der Waals surface area (Å²) in [6, 6.07) is 12.5. The van der Waals surface area contributed by atoms with Crippen LogP contribution in [-0.2, 0) is 17.8 Å². The summed E-state index contributed by atoms with van der Waals surface area (Å²) in [5.41, 5.74) is 2.49. The Bertz CT molecular complexity index is 1170. The molecule has 2 heterocycles. The fraction of sp³-hybridized carbons (Fsp3) is 0.143. The molecule has 0 saturated carbocycles. The van der Waals surface area contributed by atoms with Crippen LogP contribution in [0.4, 0.5) is 10.2 Å². The van der Waals surface area contributed by atoms with Gasteiger partial charge in [0.25, 0.3) is 0 Å². The first kappa shape index (κ1) is 19.7. The van der Waals surface area contributed by atoms with E-state index >= 15 is 0 Å². The molecule has 0 bridgehead atoms. The summed E-state index contributed by atoms with van der Waals surface area (Å²) < 4.78 is 16.1. The van der Waals surface area contributed by atoms with Crippen LogP contribution in [0.5, 0.6) is 0 Å². The number of aromatic nitrogens is 3. The number of H-pyrrole nitrogens is 1. The third-order valence-electron chi connectivity index (χ3n) is 4.65. The second kappa shape index (κ2) is 8.39. The molecule has 4 rings (SSSR count). The van der Waals surface area contributed by atoms with Gasteiger partial charge in [-0.25, -0.2) is 4.39 Å². The van der Waals surface area contributed by atoms with Crippen molar-refractivity contribution >= 4 is 50.2 Å². The molecule has 2 aromatic carbocycles. The van der Waals surface area contributed by atoms with E-state index in [1.165, 1.54) is 10.7 Å². The number of carbonyl (C=O) groups excluding carboxylic acids is 1. The number of anilines is 1. The minimum Gasteiger partial charge on any atom is -0.361 e. The van der Waals surface area contributed by atoms with E-state index in [2.05, 4.69) is 31.3 Å². The molecule has 148 valence electrons. The molecule has 29 heavy (non-hydrogen) atoms. The zero-order valence-corrected chi connectivity index (χ0v) is 17.6. The standard InChI is InChI=1S/C21H17BrClFN4O/c22-16-12-28(11-15-17(23)5-3-6-18(15)24)27-21(16)26-20(29)9-8-13-10-25-19-7-2-1-4-14(13)19/h1-7,10,12,25H,8-9,11H2,(H,26,27,29). The Morgan fingerprint density at radius 2 is 2.07 bits per heavy atom. The van der Waals surface area contributed by atoms with Gasteiger partial charge in [-0.3, -0.25) is 9.48 Å². The summed E-state index contributed by atoms with van der Waals surface area (Å²) in [6.07, 6.45) is 4.54. The van der Waals surface area contributed by atoms with E-state index in [-0.39, 0.29) is 12.5 Å². The van der Waals surface area contributed by atoms with Crippen molar-refractivity contribution in [1.29, 1.82) is 0 Å². The maximum atomic E-state index is 14.0. The number of rotatable bonds is 6. The molecule has 8 heteroatoms. The quantitative estimate of drug-likeness (QED) is 0.385. The molecular weight excluding hydrogens is 459 g/mol. The molecule has 4 aromatic rings. The number of hydrogen-bond acceptors (Lipinski definition) is 2. The van der Waals surface area contributed by atoms with Crippen molar-refractivity contribution in [2.24, 2.45) is 0 Å². The third kappa shape index (κ3) is 4.36. The molecular formula is C21H17BrClFN4O. The Morgan fingerprint density at radius 1 is 1.24 bits per heavy atom. The van der Waals surface area contributed by atoms with Gasteiger partial charge in [-0.2, -0.15) is 5.10 Å². The minimum absolute atomic E-state index is 0.148. The van der Waals surface area contributed by atoms with E-state index in [9.17, 15) is 9.18 Å². The fourth-order valence-electron chi connectivity index (χ4n) is 3.19. The molecule has 0 fully saturated rings. The molecule has 2 aromatic heterocycles. The Labute approximate surface area is 180 Å². The zero-order chi connectivity index (χ0) is 20.4. The molecule has 0 spiro atoms. The summed E-state index contributed by atoms with van der Waals surface area (Å²) in [6.45, 7) is 0.162. The van der Waals surface area contributed by atoms with Gasteiger partial charge < -0.3 is 10.3 Å². The van der Waals surface area contributed by atoms with Gasteiger partial charge in [0.1, 0.15) is 5.82 Å². The highest BCUT2D eigenvalue weighted by molar-refractivity contribution is 9.10. The van der Waals surface area contributed by atoms with E-state index in [1.807, 2.05) is 30.5 Å². The topological polar surface area (TPSA) is 62.7 Å². The lowest BCUT2D eigenvalue weighted by Crippen LogP contribution is -2.13. The van der Waals surface area contributed by atoms with Gasteiger partial charge in [0.15, 0.2) is 5.82 Å². The van der Waals surface area contributed by atoms with E-state index in [0.717, 1.165) is 16.5 Å². The maximum Gasteiger partial charge on any atom is 0.225 e. The van der Waals surface area contributed by atoms with Crippen LogP contribution in [0.2, 0.25) is 5.02 Å². The molecule has 0 atom stereocenters. The lowest BCUT2D eigenvalue weighted by Gasteiger charge is -2.06. The van der Waals surface area contributed by atoms with Crippen molar-refractivity contribution in [2.45, 2.75) is 19.4 Å². The van der Waals surface area contributed by atoms with E-state index < -0.39 is 5.82 Å². The molecule has 0 unspecified atom stereocenters. The molecule has 0 saturated heterocycles. The summed E-state index contributed by atoms with van der Waals surface area (Å²) in [7, 11) is 0. The van der Waals surface area contributed by atoms with Crippen LogP contribution in [0.1, 0.15) is 17.5 Å². The first-order valence-corrected chi connectivity index (χ1v) is 10.2. The highest BCUT2D eigenvalue weighted by Crippen LogP contribution is 2.24. The number of benzene rings is 2. The second-order valence-corrected chi connectivity index (χ2v) is 7.89. The van der Waals surface area contributed by atoms with Crippen molar-refractivity contribution in [3.63, 3.8) is 0 Å². The van der Waals surface area contributed by atoms with Crippen LogP contribution in [0, 0.1) is 5.82 Å². The highest BCUT2D eigenvalue weighted by Gasteiger charge is 2.14. The van der Waals surface area contributed by atoms with E-state index in [4.69, 9.17) is 11.6 Å². The van der Waals surface area contributed by atoms with Gasteiger partial charge in [-0.1, -0.05) is 35.9 Å². The van der Waals surface area contributed by atoms with Crippen LogP contribution < -0.4 is 5.32 Å². The number of para-hydroxylation sites is 1. The minimum atomic E-state index is -0.395. The monoisotopic (exact) mass is 474 g/mol. The summed E-state index contributed by atoms with van der Waals surface area (Å²) in [5.74, 6) is -0.153. The lowest BCUT2D eigenvalue weighted by atomic mass is 10.1. The lowest BCUT2D eigenvalue weighted by molar-refractivity contribution is -0.116. The fourth-order valence-corrected chi connectivity index (χ4v) is 3.83. The first-order chi connectivity index (χ1) is 14.0.